The van der Waals surface area contributed by atoms with E-state index < -0.39 is 0 Å². The number of pyridine rings is 1. The molecule has 88 valence electrons. The standard InChI is InChI=1S/C11H13Br2ClN2/c12-7-5-10(13)11(15-6-7)16-9-3-1-8(14)2-4-9/h5-6,8-9H,1-4H2,(H,15,16). The molecule has 0 amide bonds. The summed E-state index contributed by atoms with van der Waals surface area (Å²) in [6, 6.07) is 2.50. The second kappa shape index (κ2) is 5.69. The average Bonchev–Trinajstić information content (AvgIpc) is 2.25. The van der Waals surface area contributed by atoms with Gasteiger partial charge in [0.15, 0.2) is 0 Å². The molecule has 1 aliphatic carbocycles. The van der Waals surface area contributed by atoms with E-state index >= 15 is 0 Å². The Morgan fingerprint density at radius 1 is 1.25 bits per heavy atom. The Bertz CT molecular complexity index is 365. The summed E-state index contributed by atoms with van der Waals surface area (Å²) < 4.78 is 1.98. The lowest BCUT2D eigenvalue weighted by Gasteiger charge is -2.26. The molecule has 0 saturated heterocycles. The van der Waals surface area contributed by atoms with Crippen LogP contribution in [0.2, 0.25) is 0 Å². The fourth-order valence-electron chi connectivity index (χ4n) is 1.91. The summed E-state index contributed by atoms with van der Waals surface area (Å²) in [7, 11) is 0. The molecule has 0 aromatic carbocycles. The van der Waals surface area contributed by atoms with Gasteiger partial charge in [0.25, 0.3) is 0 Å². The molecule has 1 N–H and O–H groups in total. The maximum absolute atomic E-state index is 6.08. The van der Waals surface area contributed by atoms with Crippen molar-refractivity contribution >= 4 is 49.3 Å². The first kappa shape index (κ1) is 12.7. The van der Waals surface area contributed by atoms with Gasteiger partial charge in [-0.3, -0.25) is 0 Å². The molecule has 0 radical (unpaired) electrons. The predicted octanol–water partition coefficient (Wildman–Crippen LogP) is 4.57. The summed E-state index contributed by atoms with van der Waals surface area (Å²) in [4.78, 5) is 4.35. The Labute approximate surface area is 117 Å². The van der Waals surface area contributed by atoms with Crippen molar-refractivity contribution in [3.63, 3.8) is 0 Å². The fourth-order valence-corrected chi connectivity index (χ4v) is 3.27. The lowest BCUT2D eigenvalue weighted by atomic mass is 9.95. The predicted molar refractivity (Wildman–Crippen MR) is 75.2 cm³/mol. The molecule has 1 saturated carbocycles. The second-order valence-electron chi connectivity index (χ2n) is 4.08. The van der Waals surface area contributed by atoms with Crippen LogP contribution in [-0.4, -0.2) is 16.4 Å². The smallest absolute Gasteiger partial charge is 0.140 e. The molecule has 1 aromatic heterocycles. The Kier molecular flexibility index (Phi) is 4.50. The van der Waals surface area contributed by atoms with E-state index in [2.05, 4.69) is 42.2 Å². The molecule has 0 bridgehead atoms. The van der Waals surface area contributed by atoms with Crippen LogP contribution in [0.1, 0.15) is 25.7 Å². The van der Waals surface area contributed by atoms with Gasteiger partial charge in [0.05, 0.1) is 4.47 Å². The third-order valence-corrected chi connectivity index (χ3v) is 4.28. The quantitative estimate of drug-likeness (QED) is 0.774. The number of halogens is 3. The van der Waals surface area contributed by atoms with E-state index in [0.29, 0.717) is 11.4 Å². The highest BCUT2D eigenvalue weighted by Gasteiger charge is 2.20. The number of anilines is 1. The molecule has 0 atom stereocenters. The highest BCUT2D eigenvalue weighted by molar-refractivity contribution is 9.11. The van der Waals surface area contributed by atoms with Crippen molar-refractivity contribution in [3.05, 3.63) is 21.2 Å². The maximum atomic E-state index is 6.08. The molecule has 0 aliphatic heterocycles. The first-order valence-electron chi connectivity index (χ1n) is 5.37. The lowest BCUT2D eigenvalue weighted by molar-refractivity contribution is 0.467. The van der Waals surface area contributed by atoms with Crippen LogP contribution in [0, 0.1) is 0 Å². The number of hydrogen-bond acceptors (Lipinski definition) is 2. The van der Waals surface area contributed by atoms with E-state index in [-0.39, 0.29) is 0 Å². The average molecular weight is 369 g/mol. The maximum Gasteiger partial charge on any atom is 0.140 e. The van der Waals surface area contributed by atoms with Crippen molar-refractivity contribution in [2.75, 3.05) is 5.32 Å². The number of nitrogens with one attached hydrogen (secondary N) is 1. The van der Waals surface area contributed by atoms with Gasteiger partial charge >= 0.3 is 0 Å². The van der Waals surface area contributed by atoms with Gasteiger partial charge < -0.3 is 5.32 Å². The van der Waals surface area contributed by atoms with Gasteiger partial charge in [0, 0.05) is 22.1 Å². The van der Waals surface area contributed by atoms with Crippen LogP contribution in [-0.2, 0) is 0 Å². The lowest BCUT2D eigenvalue weighted by Crippen LogP contribution is -2.26. The molecule has 1 heterocycles. The number of aromatic nitrogens is 1. The highest BCUT2D eigenvalue weighted by Crippen LogP contribution is 2.28. The van der Waals surface area contributed by atoms with E-state index in [1.165, 1.54) is 0 Å². The van der Waals surface area contributed by atoms with Gasteiger partial charge in [-0.25, -0.2) is 4.98 Å². The SMILES string of the molecule is ClC1CCC(Nc2ncc(Br)cc2Br)CC1. The molecule has 16 heavy (non-hydrogen) atoms. The zero-order chi connectivity index (χ0) is 11.5. The summed E-state index contributed by atoms with van der Waals surface area (Å²) in [6.45, 7) is 0. The van der Waals surface area contributed by atoms with Gasteiger partial charge in [-0.15, -0.1) is 11.6 Å². The fraction of sp³-hybridized carbons (Fsp3) is 0.545. The molecule has 5 heteroatoms. The van der Waals surface area contributed by atoms with Crippen molar-refractivity contribution in [3.8, 4) is 0 Å². The summed E-state index contributed by atoms with van der Waals surface area (Å²) in [5, 5.41) is 3.82. The zero-order valence-electron chi connectivity index (χ0n) is 8.72. The second-order valence-corrected chi connectivity index (χ2v) is 6.46. The summed E-state index contributed by atoms with van der Waals surface area (Å²) in [6.07, 6.45) is 6.23. The Morgan fingerprint density at radius 3 is 2.56 bits per heavy atom. The van der Waals surface area contributed by atoms with Crippen molar-refractivity contribution in [1.82, 2.24) is 4.98 Å². The van der Waals surface area contributed by atoms with Crippen LogP contribution in [0.4, 0.5) is 5.82 Å². The Morgan fingerprint density at radius 2 is 1.94 bits per heavy atom. The zero-order valence-corrected chi connectivity index (χ0v) is 12.6. The largest absolute Gasteiger partial charge is 0.366 e. The van der Waals surface area contributed by atoms with Crippen LogP contribution in [0.15, 0.2) is 21.2 Å². The van der Waals surface area contributed by atoms with E-state index in [9.17, 15) is 0 Å². The first-order valence-corrected chi connectivity index (χ1v) is 7.39. The molecule has 0 unspecified atom stereocenters. The summed E-state index contributed by atoms with van der Waals surface area (Å²) in [5.74, 6) is 0.918. The molecular formula is C11H13Br2ClN2. The monoisotopic (exact) mass is 366 g/mol. The Hall–Kier alpha value is 0.200. The topological polar surface area (TPSA) is 24.9 Å². The van der Waals surface area contributed by atoms with E-state index in [4.69, 9.17) is 11.6 Å². The van der Waals surface area contributed by atoms with Crippen molar-refractivity contribution in [2.45, 2.75) is 37.1 Å². The molecule has 1 aliphatic rings. The van der Waals surface area contributed by atoms with Crippen molar-refractivity contribution in [1.29, 1.82) is 0 Å². The minimum atomic E-state index is 0.361. The molecule has 1 fully saturated rings. The molecule has 2 nitrogen and oxygen atoms in total. The van der Waals surface area contributed by atoms with Gasteiger partial charge in [-0.1, -0.05) is 0 Å². The van der Waals surface area contributed by atoms with E-state index in [1.54, 1.807) is 6.20 Å². The van der Waals surface area contributed by atoms with Crippen LogP contribution >= 0.6 is 43.5 Å². The Balaban J connectivity index is 1.98. The normalized spacial score (nSPS) is 25.4. The molecule has 2 rings (SSSR count). The number of alkyl halides is 1. The first-order chi connectivity index (χ1) is 7.65. The third-order valence-electron chi connectivity index (χ3n) is 2.81. The number of hydrogen-bond donors (Lipinski definition) is 1. The number of rotatable bonds is 2. The minimum Gasteiger partial charge on any atom is -0.366 e. The van der Waals surface area contributed by atoms with Gasteiger partial charge in [-0.2, -0.15) is 0 Å². The summed E-state index contributed by atoms with van der Waals surface area (Å²) in [5.41, 5.74) is 0. The molecular weight excluding hydrogens is 355 g/mol. The summed E-state index contributed by atoms with van der Waals surface area (Å²) >= 11 is 13.0. The highest BCUT2D eigenvalue weighted by atomic mass is 79.9. The van der Waals surface area contributed by atoms with Crippen molar-refractivity contribution in [2.24, 2.45) is 0 Å². The molecule has 0 spiro atoms. The van der Waals surface area contributed by atoms with Gasteiger partial charge in [0.2, 0.25) is 0 Å². The van der Waals surface area contributed by atoms with E-state index in [1.807, 2.05) is 6.07 Å². The van der Waals surface area contributed by atoms with Crippen LogP contribution < -0.4 is 5.32 Å². The van der Waals surface area contributed by atoms with Crippen LogP contribution in [0.3, 0.4) is 0 Å². The van der Waals surface area contributed by atoms with Gasteiger partial charge in [0.1, 0.15) is 5.82 Å². The van der Waals surface area contributed by atoms with Gasteiger partial charge in [-0.05, 0) is 63.6 Å². The van der Waals surface area contributed by atoms with Crippen LogP contribution in [0.5, 0.6) is 0 Å². The molecule has 1 aromatic rings. The van der Waals surface area contributed by atoms with Crippen molar-refractivity contribution < 1.29 is 0 Å². The number of nitrogens with zero attached hydrogens (tertiary/aromatic N) is 1. The minimum absolute atomic E-state index is 0.361. The third kappa shape index (κ3) is 3.34. The van der Waals surface area contributed by atoms with Crippen LogP contribution in [0.25, 0.3) is 0 Å². The van der Waals surface area contributed by atoms with E-state index in [0.717, 1.165) is 40.4 Å².